The van der Waals surface area contributed by atoms with Gasteiger partial charge in [0.1, 0.15) is 5.65 Å². The topological polar surface area (TPSA) is 33.1 Å². The molecule has 0 spiro atoms. The zero-order valence-electron chi connectivity index (χ0n) is 17.1. The van der Waals surface area contributed by atoms with Crippen LogP contribution in [0.2, 0.25) is 0 Å². The number of H-pyrrole nitrogens is 1. The van der Waals surface area contributed by atoms with Crippen molar-refractivity contribution in [2.75, 3.05) is 0 Å². The molecule has 3 heteroatoms. The number of imidazole rings is 1. The van der Waals surface area contributed by atoms with Crippen molar-refractivity contribution >= 4 is 70.9 Å². The molecule has 0 amide bonds. The van der Waals surface area contributed by atoms with E-state index in [1.807, 2.05) is 0 Å². The molecule has 8 rings (SSSR count). The molecule has 3 heterocycles. The number of hydrogen-bond donors (Lipinski definition) is 1. The van der Waals surface area contributed by atoms with Gasteiger partial charge in [-0.05, 0) is 58.6 Å². The molecule has 148 valence electrons. The van der Waals surface area contributed by atoms with Crippen molar-refractivity contribution < 1.29 is 0 Å². The number of benzene rings is 5. The van der Waals surface area contributed by atoms with Gasteiger partial charge in [0, 0.05) is 32.6 Å². The Balaban J connectivity index is 1.72. The van der Waals surface area contributed by atoms with Gasteiger partial charge in [-0.25, -0.2) is 4.98 Å². The predicted molar refractivity (Wildman–Crippen MR) is 135 cm³/mol. The van der Waals surface area contributed by atoms with Gasteiger partial charge in [-0.2, -0.15) is 0 Å². The van der Waals surface area contributed by atoms with Crippen molar-refractivity contribution in [3.63, 3.8) is 0 Å². The van der Waals surface area contributed by atoms with Crippen LogP contribution >= 0.6 is 0 Å². The van der Waals surface area contributed by atoms with Crippen LogP contribution in [0.15, 0.2) is 97.1 Å². The number of nitrogens with one attached hydrogen (secondary N) is 1. The van der Waals surface area contributed by atoms with E-state index in [4.69, 9.17) is 4.98 Å². The summed E-state index contributed by atoms with van der Waals surface area (Å²) in [7, 11) is 0. The number of pyridine rings is 1. The predicted octanol–water partition coefficient (Wildman–Crippen LogP) is 7.58. The van der Waals surface area contributed by atoms with Gasteiger partial charge < -0.3 is 4.98 Å². The number of aromatic nitrogens is 3. The minimum atomic E-state index is 1.01. The molecule has 5 aromatic carbocycles. The maximum absolute atomic E-state index is 5.08. The number of para-hydroxylation sites is 3. The van der Waals surface area contributed by atoms with Gasteiger partial charge >= 0.3 is 0 Å². The molecule has 0 bridgehead atoms. The summed E-state index contributed by atoms with van der Waals surface area (Å²) in [5.41, 5.74) is 6.66. The van der Waals surface area contributed by atoms with Crippen LogP contribution in [-0.2, 0) is 0 Å². The van der Waals surface area contributed by atoms with E-state index in [1.165, 1.54) is 48.7 Å². The van der Waals surface area contributed by atoms with Crippen LogP contribution in [0.4, 0.5) is 0 Å². The third-order valence-electron chi connectivity index (χ3n) is 6.84. The fourth-order valence-electron chi connectivity index (χ4n) is 5.39. The van der Waals surface area contributed by atoms with Crippen molar-refractivity contribution in [3.8, 4) is 0 Å². The summed E-state index contributed by atoms with van der Waals surface area (Å²) in [6, 6.07) is 34.8. The minimum absolute atomic E-state index is 1.01. The van der Waals surface area contributed by atoms with Crippen LogP contribution < -0.4 is 0 Å². The van der Waals surface area contributed by atoms with E-state index in [0.717, 1.165) is 22.2 Å². The molecule has 0 fully saturated rings. The van der Waals surface area contributed by atoms with E-state index in [9.17, 15) is 0 Å². The molecule has 0 aliphatic rings. The largest absolute Gasteiger partial charge is 0.354 e. The summed E-state index contributed by atoms with van der Waals surface area (Å²) in [5, 5.41) is 8.68. The molecule has 0 atom stereocenters. The second kappa shape index (κ2) is 5.65. The molecule has 3 aromatic heterocycles. The highest BCUT2D eigenvalue weighted by molar-refractivity contribution is 6.21. The van der Waals surface area contributed by atoms with Crippen LogP contribution in [0.3, 0.4) is 0 Å². The lowest BCUT2D eigenvalue weighted by Gasteiger charge is -2.11. The van der Waals surface area contributed by atoms with Crippen molar-refractivity contribution in [3.05, 3.63) is 97.1 Å². The van der Waals surface area contributed by atoms with Gasteiger partial charge in [-0.1, -0.05) is 54.6 Å². The maximum Gasteiger partial charge on any atom is 0.146 e. The molecule has 0 saturated heterocycles. The molecule has 0 aliphatic heterocycles. The van der Waals surface area contributed by atoms with E-state index in [2.05, 4.69) is 106 Å². The third-order valence-corrected chi connectivity index (χ3v) is 6.84. The first-order valence-corrected chi connectivity index (χ1v) is 10.9. The highest BCUT2D eigenvalue weighted by atomic mass is 15.0. The molecule has 1 N–H and O–H groups in total. The monoisotopic (exact) mass is 407 g/mol. The summed E-state index contributed by atoms with van der Waals surface area (Å²) >= 11 is 0. The van der Waals surface area contributed by atoms with Crippen LogP contribution in [0, 0.1) is 0 Å². The second-order valence-electron chi connectivity index (χ2n) is 8.59. The molecule has 0 saturated carbocycles. The molecule has 3 nitrogen and oxygen atoms in total. The normalized spacial score (nSPS) is 12.4. The van der Waals surface area contributed by atoms with Crippen molar-refractivity contribution in [1.29, 1.82) is 0 Å². The highest BCUT2D eigenvalue weighted by Gasteiger charge is 2.16. The molecular formula is C29H17N3. The van der Waals surface area contributed by atoms with Crippen molar-refractivity contribution in [2.45, 2.75) is 0 Å². The first-order chi connectivity index (χ1) is 15.8. The van der Waals surface area contributed by atoms with Crippen LogP contribution in [0.5, 0.6) is 0 Å². The second-order valence-corrected chi connectivity index (χ2v) is 8.59. The molecule has 32 heavy (non-hydrogen) atoms. The number of fused-ring (bicyclic) bond motifs is 12. The summed E-state index contributed by atoms with van der Waals surface area (Å²) in [5.74, 6) is 0. The average molecular weight is 407 g/mol. The lowest BCUT2D eigenvalue weighted by atomic mass is 9.99. The zero-order chi connectivity index (χ0) is 20.8. The summed E-state index contributed by atoms with van der Waals surface area (Å²) in [6.07, 6.45) is 0. The lowest BCUT2D eigenvalue weighted by molar-refractivity contribution is 1.32. The van der Waals surface area contributed by atoms with E-state index in [1.54, 1.807) is 0 Å². The summed E-state index contributed by atoms with van der Waals surface area (Å²) in [6.45, 7) is 0. The minimum Gasteiger partial charge on any atom is -0.354 e. The number of hydrogen-bond acceptors (Lipinski definition) is 1. The zero-order valence-corrected chi connectivity index (χ0v) is 17.1. The van der Waals surface area contributed by atoms with Gasteiger partial charge in [0.15, 0.2) is 0 Å². The number of aromatic amines is 1. The molecule has 0 radical (unpaired) electrons. The Kier molecular flexibility index (Phi) is 2.89. The summed E-state index contributed by atoms with van der Waals surface area (Å²) in [4.78, 5) is 8.69. The first-order valence-electron chi connectivity index (χ1n) is 10.9. The number of rotatable bonds is 0. The van der Waals surface area contributed by atoms with Crippen LogP contribution in [0.25, 0.3) is 70.9 Å². The van der Waals surface area contributed by atoms with Gasteiger partial charge in [0.05, 0.1) is 16.6 Å². The van der Waals surface area contributed by atoms with E-state index < -0.39 is 0 Å². The van der Waals surface area contributed by atoms with Gasteiger partial charge in [0.2, 0.25) is 0 Å². The van der Waals surface area contributed by atoms with Crippen molar-refractivity contribution in [1.82, 2.24) is 14.4 Å². The molecule has 0 aliphatic carbocycles. The van der Waals surface area contributed by atoms with E-state index >= 15 is 0 Å². The SMILES string of the molecule is c1ccc2cc3c(cc2c1)c1cc2c(cc1n1c4ccccc4nc31)[nH]c1ccccc12. The Hall–Kier alpha value is -4.37. The lowest BCUT2D eigenvalue weighted by Crippen LogP contribution is -1.92. The molecular weight excluding hydrogens is 390 g/mol. The maximum atomic E-state index is 5.08. The molecule has 8 aromatic rings. The van der Waals surface area contributed by atoms with Crippen molar-refractivity contribution in [2.24, 2.45) is 0 Å². The molecule has 0 unspecified atom stereocenters. The Bertz CT molecular complexity index is 2040. The highest BCUT2D eigenvalue weighted by Crippen LogP contribution is 2.38. The fraction of sp³-hybridized carbons (Fsp3) is 0. The Morgan fingerprint density at radius 2 is 1.28 bits per heavy atom. The van der Waals surface area contributed by atoms with Gasteiger partial charge in [0.25, 0.3) is 0 Å². The quantitative estimate of drug-likeness (QED) is 0.204. The van der Waals surface area contributed by atoms with Gasteiger partial charge in [-0.3, -0.25) is 4.40 Å². The van der Waals surface area contributed by atoms with E-state index in [-0.39, 0.29) is 0 Å². The van der Waals surface area contributed by atoms with E-state index in [0.29, 0.717) is 0 Å². The standard InChI is InChI=1S/C29H17N3/c1-2-8-18-14-23-20(13-17(18)7-1)22-15-21-19-9-3-4-10-24(19)30-26(21)16-28(22)32-27-12-6-5-11-25(27)31-29(23)32/h1-16,30H. The Labute approximate surface area is 182 Å². The average Bonchev–Trinajstić information content (AvgIpc) is 3.40. The van der Waals surface area contributed by atoms with Gasteiger partial charge in [-0.15, -0.1) is 0 Å². The smallest absolute Gasteiger partial charge is 0.146 e. The number of nitrogens with zero attached hydrogens (tertiary/aromatic N) is 2. The van der Waals surface area contributed by atoms with Crippen LogP contribution in [0.1, 0.15) is 0 Å². The fourth-order valence-corrected chi connectivity index (χ4v) is 5.39. The summed E-state index contributed by atoms with van der Waals surface area (Å²) < 4.78 is 2.33. The third kappa shape index (κ3) is 1.98. The Morgan fingerprint density at radius 1 is 0.531 bits per heavy atom. The Morgan fingerprint density at radius 3 is 2.19 bits per heavy atom. The van der Waals surface area contributed by atoms with Crippen LogP contribution in [-0.4, -0.2) is 14.4 Å². The first kappa shape index (κ1) is 16.3.